The van der Waals surface area contributed by atoms with Crippen molar-refractivity contribution in [3.8, 4) is 0 Å². The van der Waals surface area contributed by atoms with Crippen LogP contribution in [0.1, 0.15) is 6.92 Å². The third-order valence-electron chi connectivity index (χ3n) is 0.488. The summed E-state index contributed by atoms with van der Waals surface area (Å²) in [6.45, 7) is 1.68. The predicted molar refractivity (Wildman–Crippen MR) is 29.5 cm³/mol. The van der Waals surface area contributed by atoms with Gasteiger partial charge in [0.15, 0.2) is 0 Å². The van der Waals surface area contributed by atoms with Crippen LogP contribution in [0.4, 0.5) is 0 Å². The van der Waals surface area contributed by atoms with Gasteiger partial charge in [0, 0.05) is 0 Å². The standard InChI is InChI=1S/C3H8NO2P/c1-2(7)3(5)6-4/h2H,4,7H2,1H3. The van der Waals surface area contributed by atoms with Gasteiger partial charge in [0.1, 0.15) is 0 Å². The zero-order valence-electron chi connectivity index (χ0n) is 4.05. The zero-order valence-corrected chi connectivity index (χ0v) is 5.20. The molecular weight excluding hydrogens is 113 g/mol. The van der Waals surface area contributed by atoms with E-state index in [1.165, 1.54) is 0 Å². The quantitative estimate of drug-likeness (QED) is 0.381. The third kappa shape index (κ3) is 2.54. The van der Waals surface area contributed by atoms with Crippen molar-refractivity contribution in [2.24, 2.45) is 5.90 Å². The second-order valence-electron chi connectivity index (χ2n) is 1.23. The van der Waals surface area contributed by atoms with Crippen LogP contribution in [0.25, 0.3) is 0 Å². The Balaban J connectivity index is 3.35. The Hall–Kier alpha value is -0.140. The van der Waals surface area contributed by atoms with Crippen molar-refractivity contribution in [3.63, 3.8) is 0 Å². The molecule has 0 aromatic rings. The molecule has 0 aromatic heterocycles. The number of rotatable bonds is 1. The number of carbonyl (C=O) groups is 1. The molecule has 0 aliphatic carbocycles. The minimum Gasteiger partial charge on any atom is -0.373 e. The van der Waals surface area contributed by atoms with Crippen molar-refractivity contribution < 1.29 is 9.63 Å². The Kier molecular flexibility index (Phi) is 2.88. The lowest BCUT2D eigenvalue weighted by Crippen LogP contribution is -2.17. The maximum absolute atomic E-state index is 10.1. The molecule has 0 heterocycles. The largest absolute Gasteiger partial charge is 0.373 e. The van der Waals surface area contributed by atoms with Crippen molar-refractivity contribution in [2.45, 2.75) is 12.6 Å². The first kappa shape index (κ1) is 6.86. The van der Waals surface area contributed by atoms with E-state index in [1.54, 1.807) is 6.92 Å². The van der Waals surface area contributed by atoms with Crippen LogP contribution in [-0.4, -0.2) is 11.6 Å². The van der Waals surface area contributed by atoms with Gasteiger partial charge in [-0.3, -0.25) is 0 Å². The van der Waals surface area contributed by atoms with Crippen LogP contribution in [0.15, 0.2) is 0 Å². The zero-order chi connectivity index (χ0) is 5.86. The second kappa shape index (κ2) is 2.94. The van der Waals surface area contributed by atoms with E-state index in [9.17, 15) is 4.79 Å². The molecule has 42 valence electrons. The molecule has 0 aromatic carbocycles. The maximum atomic E-state index is 10.1. The SMILES string of the molecule is CC(P)C(=O)ON. The Morgan fingerprint density at radius 1 is 2.00 bits per heavy atom. The summed E-state index contributed by atoms with van der Waals surface area (Å²) in [6.07, 6.45) is 0. The van der Waals surface area contributed by atoms with Crippen molar-refractivity contribution in [3.05, 3.63) is 0 Å². The van der Waals surface area contributed by atoms with E-state index in [2.05, 4.69) is 20.0 Å². The molecule has 0 bridgehead atoms. The summed E-state index contributed by atoms with van der Waals surface area (Å²) >= 11 is 0. The van der Waals surface area contributed by atoms with Gasteiger partial charge in [0.2, 0.25) is 0 Å². The summed E-state index contributed by atoms with van der Waals surface area (Å²) in [5.41, 5.74) is -0.204. The normalized spacial score (nSPS) is 13.0. The van der Waals surface area contributed by atoms with E-state index in [4.69, 9.17) is 0 Å². The first-order chi connectivity index (χ1) is 3.18. The first-order valence-corrected chi connectivity index (χ1v) is 2.51. The fourth-order valence-corrected chi connectivity index (χ4v) is 0.186. The predicted octanol–water partition coefficient (Wildman–Crippen LogP) is -0.333. The van der Waals surface area contributed by atoms with E-state index in [1.807, 2.05) is 0 Å². The molecule has 0 amide bonds. The summed E-state index contributed by atoms with van der Waals surface area (Å²) in [7, 11) is 2.26. The van der Waals surface area contributed by atoms with Gasteiger partial charge in [-0.05, 0) is 6.92 Å². The van der Waals surface area contributed by atoms with Crippen LogP contribution in [-0.2, 0) is 9.63 Å². The van der Waals surface area contributed by atoms with Gasteiger partial charge in [-0.15, -0.1) is 9.24 Å². The summed E-state index contributed by atoms with van der Waals surface area (Å²) < 4.78 is 0. The van der Waals surface area contributed by atoms with E-state index >= 15 is 0 Å². The molecule has 2 atom stereocenters. The lowest BCUT2D eigenvalue weighted by atomic mass is 10.5. The van der Waals surface area contributed by atoms with Crippen LogP contribution in [0.5, 0.6) is 0 Å². The van der Waals surface area contributed by atoms with Crippen LogP contribution in [0.3, 0.4) is 0 Å². The Morgan fingerprint density at radius 3 is 2.43 bits per heavy atom. The van der Waals surface area contributed by atoms with Gasteiger partial charge in [-0.2, -0.15) is 5.90 Å². The average Bonchev–Trinajstić information content (AvgIpc) is 1.65. The molecule has 2 unspecified atom stereocenters. The summed E-state index contributed by atoms with van der Waals surface area (Å²) in [5, 5.41) is 0. The average molecular weight is 121 g/mol. The highest BCUT2D eigenvalue weighted by Crippen LogP contribution is 1.96. The van der Waals surface area contributed by atoms with E-state index in [0.29, 0.717) is 0 Å². The molecule has 4 heteroatoms. The highest BCUT2D eigenvalue weighted by molar-refractivity contribution is 7.19. The number of hydrogen-bond donors (Lipinski definition) is 1. The fourth-order valence-electron chi connectivity index (χ4n) is 0.107. The Morgan fingerprint density at radius 2 is 2.43 bits per heavy atom. The van der Waals surface area contributed by atoms with Gasteiger partial charge >= 0.3 is 5.97 Å². The second-order valence-corrected chi connectivity index (χ2v) is 2.23. The van der Waals surface area contributed by atoms with Gasteiger partial charge in [-0.1, -0.05) is 0 Å². The molecule has 0 fully saturated rings. The van der Waals surface area contributed by atoms with Crippen LogP contribution in [0, 0.1) is 0 Å². The van der Waals surface area contributed by atoms with E-state index in [0.717, 1.165) is 0 Å². The van der Waals surface area contributed by atoms with Crippen LogP contribution >= 0.6 is 9.24 Å². The van der Waals surface area contributed by atoms with Gasteiger partial charge in [-0.25, -0.2) is 4.79 Å². The van der Waals surface area contributed by atoms with Crippen LogP contribution in [0.2, 0.25) is 0 Å². The minimum atomic E-state index is -0.412. The number of carbonyl (C=O) groups excluding carboxylic acids is 1. The molecule has 0 saturated heterocycles. The van der Waals surface area contributed by atoms with Gasteiger partial charge in [0.05, 0.1) is 5.66 Å². The molecule has 0 radical (unpaired) electrons. The topological polar surface area (TPSA) is 52.3 Å². The number of nitrogens with two attached hydrogens (primary N) is 1. The van der Waals surface area contributed by atoms with Crippen molar-refractivity contribution >= 4 is 15.2 Å². The van der Waals surface area contributed by atoms with Crippen molar-refractivity contribution in [1.82, 2.24) is 0 Å². The smallest absolute Gasteiger partial charge is 0.330 e. The van der Waals surface area contributed by atoms with Crippen LogP contribution < -0.4 is 5.90 Å². The summed E-state index contributed by atoms with van der Waals surface area (Å²) in [6, 6.07) is 0. The Labute approximate surface area is 44.4 Å². The van der Waals surface area contributed by atoms with Crippen molar-refractivity contribution in [2.75, 3.05) is 0 Å². The highest BCUT2D eigenvalue weighted by Gasteiger charge is 2.04. The van der Waals surface area contributed by atoms with E-state index < -0.39 is 5.97 Å². The molecule has 0 spiro atoms. The van der Waals surface area contributed by atoms with E-state index in [-0.39, 0.29) is 5.66 Å². The minimum absolute atomic E-state index is 0.204. The highest BCUT2D eigenvalue weighted by atomic mass is 31.0. The lowest BCUT2D eigenvalue weighted by molar-refractivity contribution is -0.143. The van der Waals surface area contributed by atoms with Gasteiger partial charge in [0.25, 0.3) is 0 Å². The van der Waals surface area contributed by atoms with Gasteiger partial charge < -0.3 is 4.84 Å². The van der Waals surface area contributed by atoms with Crippen molar-refractivity contribution in [1.29, 1.82) is 0 Å². The Bertz CT molecular complexity index is 73.3. The third-order valence-corrected chi connectivity index (χ3v) is 0.760. The molecule has 3 nitrogen and oxygen atoms in total. The summed E-state index contributed by atoms with van der Waals surface area (Å²) in [5.74, 6) is 4.10. The fraction of sp³-hybridized carbons (Fsp3) is 0.667. The monoisotopic (exact) mass is 121 g/mol. The molecule has 0 rings (SSSR count). The first-order valence-electron chi connectivity index (χ1n) is 1.84. The lowest BCUT2D eigenvalue weighted by Gasteiger charge is -1.96. The molecule has 2 N–H and O–H groups in total. The molecular formula is C3H8NO2P. The molecule has 7 heavy (non-hydrogen) atoms. The molecule has 0 aliphatic heterocycles. The summed E-state index contributed by atoms with van der Waals surface area (Å²) in [4.78, 5) is 14.0. The number of hydrogen-bond acceptors (Lipinski definition) is 3. The molecule has 0 saturated carbocycles. The molecule has 0 aliphatic rings. The maximum Gasteiger partial charge on any atom is 0.330 e.